The fourth-order valence-corrected chi connectivity index (χ4v) is 2.55. The lowest BCUT2D eigenvalue weighted by Crippen LogP contribution is -2.21. The van der Waals surface area contributed by atoms with Gasteiger partial charge in [-0.3, -0.25) is 9.78 Å². The van der Waals surface area contributed by atoms with Gasteiger partial charge in [0.25, 0.3) is 5.91 Å². The number of amides is 1. The molecule has 138 valence electrons. The molecule has 0 bridgehead atoms. The van der Waals surface area contributed by atoms with Crippen molar-refractivity contribution in [1.82, 2.24) is 4.98 Å². The van der Waals surface area contributed by atoms with Crippen LogP contribution in [-0.4, -0.2) is 29.6 Å². The van der Waals surface area contributed by atoms with Crippen LogP contribution in [0.1, 0.15) is 24.2 Å². The lowest BCUT2D eigenvalue weighted by Gasteiger charge is -2.10. The van der Waals surface area contributed by atoms with E-state index in [4.69, 9.17) is 9.47 Å². The molecule has 0 aliphatic rings. The van der Waals surface area contributed by atoms with Gasteiger partial charge >= 0.3 is 5.97 Å². The smallest absolute Gasteiger partial charge is 0.338 e. The van der Waals surface area contributed by atoms with Gasteiger partial charge in [0.1, 0.15) is 5.75 Å². The molecule has 0 saturated heterocycles. The number of pyridine rings is 1. The lowest BCUT2D eigenvalue weighted by molar-refractivity contribution is -0.119. The molecule has 27 heavy (non-hydrogen) atoms. The third kappa shape index (κ3) is 4.82. The van der Waals surface area contributed by atoms with Crippen molar-refractivity contribution >= 4 is 28.5 Å². The molecule has 0 aliphatic heterocycles. The predicted molar refractivity (Wildman–Crippen MR) is 103 cm³/mol. The number of anilines is 1. The zero-order valence-electron chi connectivity index (χ0n) is 15.1. The fraction of sp³-hybridized carbons (Fsp3) is 0.190. The molecule has 3 aromatic rings. The second-order valence-electron chi connectivity index (χ2n) is 6.19. The summed E-state index contributed by atoms with van der Waals surface area (Å²) in [6.45, 7) is 3.47. The molecule has 0 radical (unpaired) electrons. The molecule has 6 heteroatoms. The van der Waals surface area contributed by atoms with Crippen LogP contribution in [0.4, 0.5) is 5.69 Å². The molecule has 1 heterocycles. The van der Waals surface area contributed by atoms with E-state index in [1.54, 1.807) is 48.7 Å². The van der Waals surface area contributed by atoms with E-state index in [1.165, 1.54) is 0 Å². The van der Waals surface area contributed by atoms with E-state index in [9.17, 15) is 9.59 Å². The molecule has 1 amide bonds. The molecule has 0 unspecified atom stereocenters. The first kappa shape index (κ1) is 18.4. The van der Waals surface area contributed by atoms with Crippen molar-refractivity contribution in [3.63, 3.8) is 0 Å². The van der Waals surface area contributed by atoms with Gasteiger partial charge in [0, 0.05) is 11.6 Å². The number of carbonyl (C=O) groups excluding carboxylic acids is 2. The minimum absolute atomic E-state index is 0.0516. The summed E-state index contributed by atoms with van der Waals surface area (Å²) in [6.07, 6.45) is 1.74. The number of benzene rings is 2. The third-order valence-electron chi connectivity index (χ3n) is 3.72. The maximum Gasteiger partial charge on any atom is 0.338 e. The van der Waals surface area contributed by atoms with Crippen molar-refractivity contribution in [3.8, 4) is 5.75 Å². The van der Waals surface area contributed by atoms with Gasteiger partial charge in [-0.05, 0) is 62.4 Å². The summed E-state index contributed by atoms with van der Waals surface area (Å²) >= 11 is 0. The van der Waals surface area contributed by atoms with Crippen LogP contribution in [-0.2, 0) is 9.53 Å². The van der Waals surface area contributed by atoms with Crippen LogP contribution in [0.15, 0.2) is 60.8 Å². The quantitative estimate of drug-likeness (QED) is 0.673. The van der Waals surface area contributed by atoms with Crippen LogP contribution < -0.4 is 10.1 Å². The second-order valence-corrected chi connectivity index (χ2v) is 6.19. The Bertz CT molecular complexity index is 947. The van der Waals surface area contributed by atoms with Crippen LogP contribution in [0, 0.1) is 0 Å². The average molecular weight is 364 g/mol. The first-order valence-electron chi connectivity index (χ1n) is 8.60. The van der Waals surface area contributed by atoms with Gasteiger partial charge in [-0.15, -0.1) is 0 Å². The summed E-state index contributed by atoms with van der Waals surface area (Å²) < 4.78 is 10.6. The normalized spacial score (nSPS) is 10.6. The summed E-state index contributed by atoms with van der Waals surface area (Å²) in [7, 11) is 0. The highest BCUT2D eigenvalue weighted by Gasteiger charge is 2.12. The SMILES string of the molecule is CC(C)Oc1ccc(C(=O)OCC(=O)Nc2cccc3ncccc23)cc1. The van der Waals surface area contributed by atoms with Crippen LogP contribution in [0.3, 0.4) is 0 Å². The van der Waals surface area contributed by atoms with Crippen LogP contribution in [0.2, 0.25) is 0 Å². The Morgan fingerprint density at radius 3 is 2.56 bits per heavy atom. The monoisotopic (exact) mass is 364 g/mol. The highest BCUT2D eigenvalue weighted by Crippen LogP contribution is 2.21. The Morgan fingerprint density at radius 2 is 1.81 bits per heavy atom. The topological polar surface area (TPSA) is 77.5 Å². The summed E-state index contributed by atoms with van der Waals surface area (Å²) in [5.74, 6) is -0.316. The maximum atomic E-state index is 12.1. The molecule has 0 aliphatic carbocycles. The summed E-state index contributed by atoms with van der Waals surface area (Å²) in [4.78, 5) is 28.5. The van der Waals surface area contributed by atoms with Gasteiger partial charge in [-0.2, -0.15) is 0 Å². The lowest BCUT2D eigenvalue weighted by atomic mass is 10.2. The fourth-order valence-electron chi connectivity index (χ4n) is 2.55. The van der Waals surface area contributed by atoms with E-state index < -0.39 is 11.9 Å². The average Bonchev–Trinajstić information content (AvgIpc) is 2.66. The molecule has 1 aromatic heterocycles. The molecule has 3 rings (SSSR count). The molecular weight excluding hydrogens is 344 g/mol. The van der Waals surface area contributed by atoms with Gasteiger partial charge in [-0.25, -0.2) is 4.79 Å². The van der Waals surface area contributed by atoms with Crippen molar-refractivity contribution in [1.29, 1.82) is 0 Å². The van der Waals surface area contributed by atoms with Gasteiger partial charge in [0.15, 0.2) is 6.61 Å². The van der Waals surface area contributed by atoms with E-state index in [0.29, 0.717) is 17.0 Å². The standard InChI is InChI=1S/C21H20N2O4/c1-14(2)27-16-10-8-15(9-11-16)21(25)26-13-20(24)23-19-7-3-6-18-17(19)5-4-12-22-18/h3-12,14H,13H2,1-2H3,(H,23,24). The van der Waals surface area contributed by atoms with Gasteiger partial charge in [0.05, 0.1) is 22.9 Å². The van der Waals surface area contributed by atoms with Crippen molar-refractivity contribution in [2.45, 2.75) is 20.0 Å². The minimum Gasteiger partial charge on any atom is -0.491 e. The Kier molecular flexibility index (Phi) is 5.66. The third-order valence-corrected chi connectivity index (χ3v) is 3.72. The number of hydrogen-bond acceptors (Lipinski definition) is 5. The summed E-state index contributed by atoms with van der Waals surface area (Å²) in [6, 6.07) is 15.7. The van der Waals surface area contributed by atoms with Crippen molar-refractivity contribution in [2.75, 3.05) is 11.9 Å². The number of aromatic nitrogens is 1. The predicted octanol–water partition coefficient (Wildman–Crippen LogP) is 3.82. The Morgan fingerprint density at radius 1 is 1.04 bits per heavy atom. The molecule has 1 N–H and O–H groups in total. The highest BCUT2D eigenvalue weighted by molar-refractivity contribution is 6.02. The number of rotatable bonds is 6. The number of esters is 1. The molecule has 0 fully saturated rings. The largest absolute Gasteiger partial charge is 0.491 e. The van der Waals surface area contributed by atoms with Crippen LogP contribution in [0.5, 0.6) is 5.75 Å². The van der Waals surface area contributed by atoms with E-state index in [1.807, 2.05) is 26.0 Å². The number of nitrogens with zero attached hydrogens (tertiary/aromatic N) is 1. The van der Waals surface area contributed by atoms with Gasteiger partial charge < -0.3 is 14.8 Å². The van der Waals surface area contributed by atoms with E-state index in [-0.39, 0.29) is 12.7 Å². The molecule has 2 aromatic carbocycles. The first-order chi connectivity index (χ1) is 13.0. The molecular formula is C21H20N2O4. The zero-order valence-corrected chi connectivity index (χ0v) is 15.1. The Hall–Kier alpha value is -3.41. The first-order valence-corrected chi connectivity index (χ1v) is 8.60. The molecule has 0 spiro atoms. The highest BCUT2D eigenvalue weighted by atomic mass is 16.5. The minimum atomic E-state index is -0.569. The van der Waals surface area contributed by atoms with Gasteiger partial charge in [0.2, 0.25) is 0 Å². The number of ether oxygens (including phenoxy) is 2. The molecule has 6 nitrogen and oxygen atoms in total. The second kappa shape index (κ2) is 8.31. The van der Waals surface area contributed by atoms with Crippen LogP contribution >= 0.6 is 0 Å². The Labute approximate surface area is 157 Å². The number of hydrogen-bond donors (Lipinski definition) is 1. The van der Waals surface area contributed by atoms with Crippen molar-refractivity contribution in [2.24, 2.45) is 0 Å². The van der Waals surface area contributed by atoms with E-state index in [0.717, 1.165) is 10.9 Å². The maximum absolute atomic E-state index is 12.1. The van der Waals surface area contributed by atoms with E-state index >= 15 is 0 Å². The molecule has 0 atom stereocenters. The van der Waals surface area contributed by atoms with Crippen LogP contribution in [0.25, 0.3) is 10.9 Å². The number of nitrogens with one attached hydrogen (secondary N) is 1. The number of carbonyl (C=O) groups is 2. The van der Waals surface area contributed by atoms with Gasteiger partial charge in [-0.1, -0.05) is 6.07 Å². The molecule has 0 saturated carbocycles. The zero-order chi connectivity index (χ0) is 19.2. The van der Waals surface area contributed by atoms with E-state index in [2.05, 4.69) is 10.3 Å². The summed E-state index contributed by atoms with van der Waals surface area (Å²) in [5.41, 5.74) is 1.75. The van der Waals surface area contributed by atoms with Crippen molar-refractivity contribution < 1.29 is 19.1 Å². The summed E-state index contributed by atoms with van der Waals surface area (Å²) in [5, 5.41) is 3.57. The number of fused-ring (bicyclic) bond motifs is 1. The Balaban J connectivity index is 1.57. The van der Waals surface area contributed by atoms with Crippen molar-refractivity contribution in [3.05, 3.63) is 66.4 Å².